The van der Waals surface area contributed by atoms with E-state index in [4.69, 9.17) is 11.6 Å². The highest BCUT2D eigenvalue weighted by Gasteiger charge is 2.49. The summed E-state index contributed by atoms with van der Waals surface area (Å²) in [6.07, 6.45) is 0.0243. The van der Waals surface area contributed by atoms with Crippen molar-refractivity contribution >= 4 is 44.4 Å². The van der Waals surface area contributed by atoms with E-state index in [0.717, 1.165) is 48.3 Å². The quantitative estimate of drug-likeness (QED) is 0.442. The first-order chi connectivity index (χ1) is 18.4. The number of fused-ring (bicyclic) bond motifs is 3. The van der Waals surface area contributed by atoms with Gasteiger partial charge in [-0.1, -0.05) is 23.7 Å². The number of nitrogens with zero attached hydrogens (tertiary/aromatic N) is 5. The number of halogens is 4. The van der Waals surface area contributed by atoms with Gasteiger partial charge in [-0.2, -0.15) is 18.3 Å². The Hall–Kier alpha value is -2.86. The Morgan fingerprint density at radius 3 is 2.46 bits per heavy atom. The summed E-state index contributed by atoms with van der Waals surface area (Å²) in [6, 6.07) is 5.65. The van der Waals surface area contributed by atoms with E-state index in [2.05, 4.69) is 15.0 Å². The molecule has 4 heterocycles. The molecule has 0 N–H and O–H groups in total. The molecule has 39 heavy (non-hydrogen) atoms. The highest BCUT2D eigenvalue weighted by atomic mass is 35.5. The third-order valence-corrected chi connectivity index (χ3v) is 10.2. The van der Waals surface area contributed by atoms with Crippen LogP contribution in [-0.4, -0.2) is 65.1 Å². The van der Waals surface area contributed by atoms with E-state index in [0.29, 0.717) is 17.3 Å². The van der Waals surface area contributed by atoms with Crippen LogP contribution in [0.2, 0.25) is 5.15 Å². The van der Waals surface area contributed by atoms with Crippen molar-refractivity contribution in [2.75, 3.05) is 30.0 Å². The molecule has 8 nitrogen and oxygen atoms in total. The Morgan fingerprint density at radius 2 is 1.85 bits per heavy atom. The number of alkyl halides is 3. The number of carbonyl (C=O) groups is 1. The molecule has 1 spiro atoms. The number of hydrogen-bond donors (Lipinski definition) is 0. The molecule has 2 fully saturated rings. The lowest BCUT2D eigenvalue weighted by atomic mass is 9.93. The number of rotatable bonds is 4. The molecule has 0 bridgehead atoms. The second-order valence-corrected chi connectivity index (χ2v) is 13.7. The lowest BCUT2D eigenvalue weighted by Crippen LogP contribution is -2.44. The lowest BCUT2D eigenvalue weighted by molar-refractivity contribution is -0.190. The molecule has 1 saturated carbocycles. The first-order valence-corrected chi connectivity index (χ1v) is 15.0. The fraction of sp³-hybridized carbons (Fsp3) is 0.500. The van der Waals surface area contributed by atoms with E-state index in [1.54, 1.807) is 28.9 Å². The summed E-state index contributed by atoms with van der Waals surface area (Å²) in [5.74, 6) is -1.81. The predicted molar refractivity (Wildman–Crippen MR) is 140 cm³/mol. The van der Waals surface area contributed by atoms with E-state index < -0.39 is 33.9 Å². The number of benzene rings is 1. The van der Waals surface area contributed by atoms with Crippen LogP contribution in [0.3, 0.4) is 0 Å². The van der Waals surface area contributed by atoms with Gasteiger partial charge in [-0.15, -0.1) is 0 Å². The molecule has 1 aromatic carbocycles. The second-order valence-electron chi connectivity index (χ2n) is 11.0. The standard InChI is InChI=1S/C26H27ClF3N5O3S/c1-33(24(36)17-6-10-39(37,38)11-7-17)23(26(28,29)30)16-2-4-18(5-3-16)34-15-25(8-9-25)13-19-20(34)14-31-22-12-21(27)32-35(19)22/h2-5,12,14,17,23H,6-11,13,15H2,1H3/t23-/m0/s1. The summed E-state index contributed by atoms with van der Waals surface area (Å²) >= 11 is 6.13. The Bertz CT molecular complexity index is 1540. The minimum Gasteiger partial charge on any atom is -0.338 e. The van der Waals surface area contributed by atoms with Gasteiger partial charge in [-0.3, -0.25) is 4.79 Å². The number of hydrogen-bond acceptors (Lipinski definition) is 6. The maximum absolute atomic E-state index is 14.3. The van der Waals surface area contributed by atoms with Crippen molar-refractivity contribution in [1.29, 1.82) is 0 Å². The maximum atomic E-state index is 14.3. The maximum Gasteiger partial charge on any atom is 0.413 e. The number of aromatic nitrogens is 3. The van der Waals surface area contributed by atoms with E-state index in [1.165, 1.54) is 12.1 Å². The smallest absolute Gasteiger partial charge is 0.338 e. The van der Waals surface area contributed by atoms with Gasteiger partial charge >= 0.3 is 6.18 Å². The average Bonchev–Trinajstić information content (AvgIpc) is 3.50. The van der Waals surface area contributed by atoms with Crippen LogP contribution in [0, 0.1) is 11.3 Å². The molecule has 0 radical (unpaired) electrons. The molecule has 13 heteroatoms. The van der Waals surface area contributed by atoms with Crippen LogP contribution in [0.15, 0.2) is 36.5 Å². The first kappa shape index (κ1) is 26.4. The molecule has 6 rings (SSSR count). The van der Waals surface area contributed by atoms with Gasteiger partial charge in [0, 0.05) is 31.3 Å². The lowest BCUT2D eigenvalue weighted by Gasteiger charge is -2.37. The first-order valence-electron chi connectivity index (χ1n) is 12.8. The van der Waals surface area contributed by atoms with Crippen LogP contribution in [0.4, 0.5) is 24.5 Å². The Kier molecular flexibility index (Phi) is 6.14. The van der Waals surface area contributed by atoms with E-state index in [-0.39, 0.29) is 35.3 Å². The normalized spacial score (nSPS) is 21.1. The predicted octanol–water partition coefficient (Wildman–Crippen LogP) is 4.74. The average molecular weight is 582 g/mol. The minimum absolute atomic E-state index is 0.0356. The third-order valence-electron chi connectivity index (χ3n) is 8.28. The Balaban J connectivity index is 1.30. The monoisotopic (exact) mass is 581 g/mol. The number of amides is 1. The molecule has 1 amide bonds. The summed E-state index contributed by atoms with van der Waals surface area (Å²) in [4.78, 5) is 20.3. The van der Waals surface area contributed by atoms with Crippen LogP contribution < -0.4 is 4.90 Å². The van der Waals surface area contributed by atoms with Crippen LogP contribution in [0.5, 0.6) is 0 Å². The number of sulfone groups is 1. The molecule has 208 valence electrons. The number of carbonyl (C=O) groups excluding carboxylic acids is 1. The zero-order valence-electron chi connectivity index (χ0n) is 21.2. The van der Waals surface area contributed by atoms with Gasteiger partial charge in [0.05, 0.1) is 29.1 Å². The molecule has 2 aliphatic heterocycles. The fourth-order valence-corrected chi connectivity index (χ4v) is 7.59. The summed E-state index contributed by atoms with van der Waals surface area (Å²) in [5, 5.41) is 4.73. The van der Waals surface area contributed by atoms with E-state index in [1.807, 2.05) is 0 Å². The summed E-state index contributed by atoms with van der Waals surface area (Å²) in [7, 11) is -2.10. The van der Waals surface area contributed by atoms with E-state index in [9.17, 15) is 26.4 Å². The van der Waals surface area contributed by atoms with Crippen molar-refractivity contribution in [1.82, 2.24) is 19.5 Å². The van der Waals surface area contributed by atoms with Crippen LogP contribution >= 0.6 is 11.6 Å². The van der Waals surface area contributed by atoms with Crippen LogP contribution in [0.1, 0.15) is 43.0 Å². The van der Waals surface area contributed by atoms with Crippen LogP contribution in [-0.2, 0) is 21.1 Å². The molecule has 3 aromatic rings. The highest BCUT2D eigenvalue weighted by molar-refractivity contribution is 7.91. The van der Waals surface area contributed by atoms with Gasteiger partial charge < -0.3 is 9.80 Å². The van der Waals surface area contributed by atoms with Gasteiger partial charge in [-0.05, 0) is 55.2 Å². The van der Waals surface area contributed by atoms with E-state index >= 15 is 0 Å². The molecule has 1 aliphatic carbocycles. The summed E-state index contributed by atoms with van der Waals surface area (Å²) < 4.78 is 68.1. The molecule has 2 aromatic heterocycles. The SMILES string of the molecule is CN(C(=O)C1CCS(=O)(=O)CC1)[C@@H](c1ccc(N2CC3(CC3)Cc3c2cnc2cc(Cl)nn32)cc1)C(F)(F)F. The summed E-state index contributed by atoms with van der Waals surface area (Å²) in [5.41, 5.74) is 3.18. The van der Waals surface area contributed by atoms with Crippen molar-refractivity contribution in [3.63, 3.8) is 0 Å². The van der Waals surface area contributed by atoms with Gasteiger partial charge in [0.1, 0.15) is 9.84 Å². The van der Waals surface area contributed by atoms with Crippen molar-refractivity contribution in [3.8, 4) is 0 Å². The second kappa shape index (κ2) is 9.09. The molecule has 1 saturated heterocycles. The zero-order chi connectivity index (χ0) is 27.7. The molecule has 1 atom stereocenters. The molecule has 3 aliphatic rings. The Morgan fingerprint density at radius 1 is 1.18 bits per heavy atom. The van der Waals surface area contributed by atoms with Gasteiger partial charge in [0.15, 0.2) is 16.8 Å². The van der Waals surface area contributed by atoms with Crippen molar-refractivity contribution in [3.05, 3.63) is 52.9 Å². The topological polar surface area (TPSA) is 87.9 Å². The number of anilines is 2. The fourth-order valence-electron chi connectivity index (χ4n) is 5.93. The highest BCUT2D eigenvalue weighted by Crippen LogP contribution is 2.54. The minimum atomic E-state index is -4.71. The molecular formula is C26H27ClF3N5O3S. The van der Waals surface area contributed by atoms with Crippen molar-refractivity contribution < 1.29 is 26.4 Å². The Labute approximate surface area is 228 Å². The third kappa shape index (κ3) is 4.86. The van der Waals surface area contributed by atoms with Crippen molar-refractivity contribution in [2.24, 2.45) is 11.3 Å². The summed E-state index contributed by atoms with van der Waals surface area (Å²) in [6.45, 7) is 0.715. The molecule has 0 unspecified atom stereocenters. The molecular weight excluding hydrogens is 555 g/mol. The van der Waals surface area contributed by atoms with Crippen LogP contribution in [0.25, 0.3) is 5.65 Å². The largest absolute Gasteiger partial charge is 0.413 e. The zero-order valence-corrected chi connectivity index (χ0v) is 22.7. The van der Waals surface area contributed by atoms with Gasteiger partial charge in [-0.25, -0.2) is 17.9 Å². The van der Waals surface area contributed by atoms with Gasteiger partial charge in [0.2, 0.25) is 5.91 Å². The van der Waals surface area contributed by atoms with Gasteiger partial charge in [0.25, 0.3) is 0 Å². The van der Waals surface area contributed by atoms with Crippen molar-refractivity contribution in [2.45, 2.75) is 44.3 Å².